The van der Waals surface area contributed by atoms with E-state index in [0.717, 1.165) is 37.6 Å². The molecule has 2 heterocycles. The molecular weight excluding hydrogens is 202 g/mol. The van der Waals surface area contributed by atoms with Crippen molar-refractivity contribution >= 4 is 5.69 Å². The summed E-state index contributed by atoms with van der Waals surface area (Å²) in [6.07, 6.45) is 3.87. The Bertz CT molecular complexity index is 335. The van der Waals surface area contributed by atoms with Crippen molar-refractivity contribution in [1.82, 2.24) is 10.3 Å². The number of hydrogen-bond donors (Lipinski definition) is 1. The fourth-order valence-electron chi connectivity index (χ4n) is 1.84. The van der Waals surface area contributed by atoms with E-state index in [0.29, 0.717) is 0 Å². The van der Waals surface area contributed by atoms with Crippen LogP contribution in [-0.2, 0) is 0 Å². The molecule has 1 fully saturated rings. The number of hydrogen-bond acceptors (Lipinski definition) is 4. The molecule has 2 rings (SSSR count). The number of pyridine rings is 1. The van der Waals surface area contributed by atoms with E-state index in [1.807, 2.05) is 20.0 Å². The molecule has 0 atom stereocenters. The molecule has 4 heteroatoms. The molecule has 1 aromatic rings. The number of nitrogens with zero attached hydrogens (tertiary/aromatic N) is 2. The topological polar surface area (TPSA) is 37.4 Å². The Balaban J connectivity index is 2.08. The average molecular weight is 221 g/mol. The summed E-state index contributed by atoms with van der Waals surface area (Å²) in [7, 11) is 0. The van der Waals surface area contributed by atoms with Crippen molar-refractivity contribution in [2.24, 2.45) is 0 Å². The summed E-state index contributed by atoms with van der Waals surface area (Å²) in [5.41, 5.74) is 1.15. The minimum absolute atomic E-state index is 0.195. The lowest BCUT2D eigenvalue weighted by Gasteiger charge is -2.29. The Morgan fingerprint density at radius 2 is 2.06 bits per heavy atom. The van der Waals surface area contributed by atoms with Gasteiger partial charge in [0.05, 0.1) is 24.2 Å². The molecule has 1 aromatic heterocycles. The summed E-state index contributed by atoms with van der Waals surface area (Å²) in [6, 6.07) is 2.07. The molecule has 0 saturated carbocycles. The van der Waals surface area contributed by atoms with Gasteiger partial charge < -0.3 is 15.0 Å². The largest absolute Gasteiger partial charge is 0.489 e. The van der Waals surface area contributed by atoms with E-state index in [9.17, 15) is 0 Å². The standard InChI is InChI=1S/C12H19N3O/c1-10(2)16-12-7-11(8-14-9-12)15-5-3-13-4-6-15/h7-10,13H,3-6H2,1-2H3. The van der Waals surface area contributed by atoms with Crippen molar-refractivity contribution in [2.75, 3.05) is 31.1 Å². The number of aromatic nitrogens is 1. The van der Waals surface area contributed by atoms with Gasteiger partial charge in [0.1, 0.15) is 5.75 Å². The van der Waals surface area contributed by atoms with Gasteiger partial charge in [-0.3, -0.25) is 4.98 Å². The number of ether oxygens (including phenoxy) is 1. The van der Waals surface area contributed by atoms with Gasteiger partial charge in [-0.25, -0.2) is 0 Å². The highest BCUT2D eigenvalue weighted by Crippen LogP contribution is 2.20. The van der Waals surface area contributed by atoms with E-state index in [1.54, 1.807) is 6.20 Å². The Morgan fingerprint density at radius 3 is 2.75 bits per heavy atom. The van der Waals surface area contributed by atoms with Crippen molar-refractivity contribution < 1.29 is 4.74 Å². The molecule has 0 aromatic carbocycles. The molecule has 4 nitrogen and oxygen atoms in total. The smallest absolute Gasteiger partial charge is 0.140 e. The molecule has 0 spiro atoms. The van der Waals surface area contributed by atoms with Gasteiger partial charge in [0.25, 0.3) is 0 Å². The van der Waals surface area contributed by atoms with Crippen molar-refractivity contribution in [3.63, 3.8) is 0 Å². The highest BCUT2D eigenvalue weighted by Gasteiger charge is 2.11. The molecule has 0 radical (unpaired) electrons. The Hall–Kier alpha value is -1.29. The summed E-state index contributed by atoms with van der Waals surface area (Å²) in [5.74, 6) is 0.853. The number of nitrogens with one attached hydrogen (secondary N) is 1. The normalized spacial score (nSPS) is 16.6. The van der Waals surface area contributed by atoms with Gasteiger partial charge in [-0.15, -0.1) is 0 Å². The molecular formula is C12H19N3O. The third kappa shape index (κ3) is 2.85. The van der Waals surface area contributed by atoms with Crippen LogP contribution in [0.2, 0.25) is 0 Å². The van der Waals surface area contributed by atoms with Crippen molar-refractivity contribution in [1.29, 1.82) is 0 Å². The molecule has 0 aliphatic carbocycles. The number of rotatable bonds is 3. The minimum atomic E-state index is 0.195. The van der Waals surface area contributed by atoms with Crippen molar-refractivity contribution in [3.8, 4) is 5.75 Å². The Morgan fingerprint density at radius 1 is 1.31 bits per heavy atom. The lowest BCUT2D eigenvalue weighted by atomic mass is 10.3. The summed E-state index contributed by atoms with van der Waals surface area (Å²) < 4.78 is 5.64. The lowest BCUT2D eigenvalue weighted by molar-refractivity contribution is 0.241. The quantitative estimate of drug-likeness (QED) is 0.834. The van der Waals surface area contributed by atoms with Gasteiger partial charge >= 0.3 is 0 Å². The zero-order valence-corrected chi connectivity index (χ0v) is 9.94. The first kappa shape index (κ1) is 11.2. The van der Waals surface area contributed by atoms with E-state index < -0.39 is 0 Å². The van der Waals surface area contributed by atoms with Crippen LogP contribution >= 0.6 is 0 Å². The highest BCUT2D eigenvalue weighted by atomic mass is 16.5. The van der Waals surface area contributed by atoms with Crippen LogP contribution in [0.1, 0.15) is 13.8 Å². The zero-order chi connectivity index (χ0) is 11.4. The first-order chi connectivity index (χ1) is 7.75. The predicted octanol–water partition coefficient (Wildman–Crippen LogP) is 1.28. The average Bonchev–Trinajstić information content (AvgIpc) is 2.30. The number of piperazine rings is 1. The third-order valence-electron chi connectivity index (χ3n) is 2.55. The van der Waals surface area contributed by atoms with Crippen LogP contribution in [0, 0.1) is 0 Å². The molecule has 0 unspecified atom stereocenters. The van der Waals surface area contributed by atoms with Crippen LogP contribution in [0.5, 0.6) is 5.75 Å². The summed E-state index contributed by atoms with van der Waals surface area (Å²) in [5, 5.41) is 3.34. The van der Waals surface area contributed by atoms with Gasteiger partial charge in [0.15, 0.2) is 0 Å². The van der Waals surface area contributed by atoms with Gasteiger partial charge in [0, 0.05) is 32.2 Å². The highest BCUT2D eigenvalue weighted by molar-refractivity contribution is 5.48. The molecule has 0 bridgehead atoms. The van der Waals surface area contributed by atoms with E-state index in [4.69, 9.17) is 4.74 Å². The first-order valence-electron chi connectivity index (χ1n) is 5.83. The second-order valence-corrected chi connectivity index (χ2v) is 4.28. The first-order valence-corrected chi connectivity index (χ1v) is 5.83. The lowest BCUT2D eigenvalue weighted by Crippen LogP contribution is -2.43. The summed E-state index contributed by atoms with van der Waals surface area (Å²) in [4.78, 5) is 6.56. The Kier molecular flexibility index (Phi) is 3.62. The molecule has 16 heavy (non-hydrogen) atoms. The second kappa shape index (κ2) is 5.16. The molecule has 1 N–H and O–H groups in total. The van der Waals surface area contributed by atoms with E-state index >= 15 is 0 Å². The van der Waals surface area contributed by atoms with Crippen LogP contribution in [0.4, 0.5) is 5.69 Å². The summed E-state index contributed by atoms with van der Waals surface area (Å²) in [6.45, 7) is 8.19. The molecule has 1 saturated heterocycles. The molecule has 1 aliphatic heterocycles. The zero-order valence-electron chi connectivity index (χ0n) is 9.94. The predicted molar refractivity (Wildman–Crippen MR) is 65.1 cm³/mol. The van der Waals surface area contributed by atoms with Crippen molar-refractivity contribution in [2.45, 2.75) is 20.0 Å². The monoisotopic (exact) mass is 221 g/mol. The summed E-state index contributed by atoms with van der Waals surface area (Å²) >= 11 is 0. The number of anilines is 1. The second-order valence-electron chi connectivity index (χ2n) is 4.28. The molecule has 1 aliphatic rings. The van der Waals surface area contributed by atoms with Gasteiger partial charge in [-0.2, -0.15) is 0 Å². The van der Waals surface area contributed by atoms with Gasteiger partial charge in [-0.05, 0) is 13.8 Å². The maximum Gasteiger partial charge on any atom is 0.140 e. The van der Waals surface area contributed by atoms with E-state index in [1.165, 1.54) is 0 Å². The van der Waals surface area contributed by atoms with Crippen LogP contribution < -0.4 is 15.0 Å². The molecule has 0 amide bonds. The van der Waals surface area contributed by atoms with Crippen LogP contribution in [-0.4, -0.2) is 37.3 Å². The minimum Gasteiger partial charge on any atom is -0.489 e. The van der Waals surface area contributed by atoms with Crippen LogP contribution in [0.15, 0.2) is 18.5 Å². The van der Waals surface area contributed by atoms with Gasteiger partial charge in [-0.1, -0.05) is 0 Å². The van der Waals surface area contributed by atoms with E-state index in [-0.39, 0.29) is 6.10 Å². The Labute approximate surface area is 96.6 Å². The maximum absolute atomic E-state index is 5.64. The third-order valence-corrected chi connectivity index (χ3v) is 2.55. The van der Waals surface area contributed by atoms with Crippen LogP contribution in [0.25, 0.3) is 0 Å². The fraction of sp³-hybridized carbons (Fsp3) is 0.583. The SMILES string of the molecule is CC(C)Oc1cncc(N2CCNCC2)c1. The van der Waals surface area contributed by atoms with Crippen LogP contribution in [0.3, 0.4) is 0 Å². The van der Waals surface area contributed by atoms with Crippen molar-refractivity contribution in [3.05, 3.63) is 18.5 Å². The fourth-order valence-corrected chi connectivity index (χ4v) is 1.84. The van der Waals surface area contributed by atoms with E-state index in [2.05, 4.69) is 21.3 Å². The molecule has 88 valence electrons. The maximum atomic E-state index is 5.64. The van der Waals surface area contributed by atoms with Gasteiger partial charge in [0.2, 0.25) is 0 Å².